The molecule has 22 heavy (non-hydrogen) atoms. The van der Waals surface area contributed by atoms with Crippen molar-refractivity contribution in [3.63, 3.8) is 0 Å². The molecule has 0 unspecified atom stereocenters. The first-order valence-electron chi connectivity index (χ1n) is 6.50. The van der Waals surface area contributed by atoms with Crippen LogP contribution in [0.25, 0.3) is 0 Å². The zero-order valence-corrected chi connectivity index (χ0v) is 11.7. The summed E-state index contributed by atoms with van der Waals surface area (Å²) in [6, 6.07) is 1.29. The first-order chi connectivity index (χ1) is 10.1. The third-order valence-electron chi connectivity index (χ3n) is 2.54. The molecule has 0 saturated heterocycles. The Bertz CT molecular complexity index is 516. The smallest absolute Gasteiger partial charge is 0.380 e. The van der Waals surface area contributed by atoms with Gasteiger partial charge in [0.25, 0.3) is 0 Å². The highest BCUT2D eigenvalue weighted by Crippen LogP contribution is 2.36. The van der Waals surface area contributed by atoms with Gasteiger partial charge in [-0.2, -0.15) is 26.3 Å². The number of ether oxygens (including phenoxy) is 1. The van der Waals surface area contributed by atoms with Gasteiger partial charge in [-0.25, -0.2) is 0 Å². The van der Waals surface area contributed by atoms with E-state index >= 15 is 0 Å². The van der Waals surface area contributed by atoms with Gasteiger partial charge in [0.1, 0.15) is 0 Å². The van der Waals surface area contributed by atoms with E-state index < -0.39 is 23.5 Å². The Morgan fingerprint density at radius 1 is 0.909 bits per heavy atom. The molecule has 0 amide bonds. The van der Waals surface area contributed by atoms with Crippen molar-refractivity contribution in [2.75, 3.05) is 13.2 Å². The third kappa shape index (κ3) is 5.98. The highest BCUT2D eigenvalue weighted by Gasteiger charge is 2.36. The van der Waals surface area contributed by atoms with Crippen molar-refractivity contribution in [1.29, 1.82) is 0 Å². The number of benzene rings is 1. The highest BCUT2D eigenvalue weighted by molar-refractivity contribution is 5.42. The molecule has 122 valence electrons. The van der Waals surface area contributed by atoms with E-state index in [0.29, 0.717) is 18.7 Å². The third-order valence-corrected chi connectivity index (χ3v) is 2.54. The molecule has 0 aliphatic heterocycles. The Labute approximate surface area is 124 Å². The Morgan fingerprint density at radius 2 is 1.45 bits per heavy atom. The first kappa shape index (κ1) is 18.4. The van der Waals surface area contributed by atoms with E-state index in [1.165, 1.54) is 0 Å². The second-order valence-corrected chi connectivity index (χ2v) is 4.46. The van der Waals surface area contributed by atoms with Crippen molar-refractivity contribution in [3.05, 3.63) is 34.9 Å². The van der Waals surface area contributed by atoms with Crippen LogP contribution in [-0.4, -0.2) is 13.2 Å². The molecule has 0 aromatic heterocycles. The summed E-state index contributed by atoms with van der Waals surface area (Å²) >= 11 is 0. The average molecular weight is 324 g/mol. The van der Waals surface area contributed by atoms with Gasteiger partial charge in [0, 0.05) is 18.6 Å². The van der Waals surface area contributed by atoms with Crippen LogP contribution in [-0.2, 0) is 17.1 Å². The summed E-state index contributed by atoms with van der Waals surface area (Å²) in [5, 5.41) is 0. The van der Waals surface area contributed by atoms with Crippen LogP contribution in [0.2, 0.25) is 0 Å². The number of hydrogen-bond acceptors (Lipinski definition) is 1. The summed E-state index contributed by atoms with van der Waals surface area (Å²) in [6.07, 6.45) is -8.67. The largest absolute Gasteiger partial charge is 0.416 e. The fourth-order valence-electron chi connectivity index (χ4n) is 1.56. The molecule has 0 heterocycles. The number of hydrogen-bond donors (Lipinski definition) is 0. The Kier molecular flexibility index (Phi) is 6.30. The predicted molar refractivity (Wildman–Crippen MR) is 69.1 cm³/mol. The molecule has 7 heteroatoms. The van der Waals surface area contributed by atoms with E-state index in [1.807, 2.05) is 6.92 Å². The number of halogens is 6. The van der Waals surface area contributed by atoms with Gasteiger partial charge in [0.05, 0.1) is 17.7 Å². The highest BCUT2D eigenvalue weighted by atomic mass is 19.4. The van der Waals surface area contributed by atoms with Crippen molar-refractivity contribution in [2.24, 2.45) is 0 Å². The normalized spacial score (nSPS) is 12.0. The summed E-state index contributed by atoms with van der Waals surface area (Å²) in [5.41, 5.74) is -3.06. The van der Waals surface area contributed by atoms with E-state index in [4.69, 9.17) is 4.74 Å². The van der Waals surface area contributed by atoms with Crippen molar-refractivity contribution in [3.8, 4) is 11.8 Å². The van der Waals surface area contributed by atoms with Crippen molar-refractivity contribution in [1.82, 2.24) is 0 Å². The molecule has 0 spiro atoms. The van der Waals surface area contributed by atoms with Crippen molar-refractivity contribution < 1.29 is 31.1 Å². The summed E-state index contributed by atoms with van der Waals surface area (Å²) in [7, 11) is 0. The summed E-state index contributed by atoms with van der Waals surface area (Å²) in [5.74, 6) is 4.82. The molecule has 0 radical (unpaired) electrons. The van der Waals surface area contributed by atoms with Crippen LogP contribution in [0.4, 0.5) is 26.3 Å². The first-order valence-corrected chi connectivity index (χ1v) is 6.50. The average Bonchev–Trinajstić information content (AvgIpc) is 2.40. The molecule has 1 aromatic carbocycles. The van der Waals surface area contributed by atoms with E-state index in [1.54, 1.807) is 0 Å². The fraction of sp³-hybridized carbons (Fsp3) is 0.467. The molecule has 0 aliphatic carbocycles. The van der Waals surface area contributed by atoms with E-state index in [-0.39, 0.29) is 24.7 Å². The molecule has 0 aliphatic rings. The molecule has 1 nitrogen and oxygen atoms in total. The van der Waals surface area contributed by atoms with Crippen molar-refractivity contribution >= 4 is 0 Å². The van der Waals surface area contributed by atoms with Crippen LogP contribution in [0.1, 0.15) is 36.5 Å². The molecule has 0 saturated carbocycles. The van der Waals surface area contributed by atoms with Gasteiger partial charge in [-0.1, -0.05) is 18.8 Å². The van der Waals surface area contributed by atoms with Crippen LogP contribution < -0.4 is 0 Å². The monoisotopic (exact) mass is 324 g/mol. The minimum Gasteiger partial charge on any atom is -0.380 e. The van der Waals surface area contributed by atoms with Gasteiger partial charge in [-0.3, -0.25) is 0 Å². The lowest BCUT2D eigenvalue weighted by Gasteiger charge is -2.12. The van der Waals surface area contributed by atoms with Gasteiger partial charge in [-0.05, 0) is 24.6 Å². The molecule has 0 N–H and O–H groups in total. The SMILES string of the molecule is CCCOCCC#Cc1cc(C(F)(F)F)cc(C(F)(F)F)c1. The van der Waals surface area contributed by atoms with E-state index in [2.05, 4.69) is 11.8 Å². The quantitative estimate of drug-likeness (QED) is 0.435. The van der Waals surface area contributed by atoms with Gasteiger partial charge < -0.3 is 4.74 Å². The van der Waals surface area contributed by atoms with Crippen LogP contribution in [0.5, 0.6) is 0 Å². The Balaban J connectivity index is 2.97. The lowest BCUT2D eigenvalue weighted by molar-refractivity contribution is -0.143. The molecule has 0 bridgehead atoms. The zero-order chi connectivity index (χ0) is 16.8. The standard InChI is InChI=1S/C15H14F6O/c1-2-6-22-7-4-3-5-11-8-12(14(16,17)18)10-13(9-11)15(19,20)21/h8-10H,2,4,6-7H2,1H3. The van der Waals surface area contributed by atoms with Crippen LogP contribution in [0, 0.1) is 11.8 Å². The summed E-state index contributed by atoms with van der Waals surface area (Å²) in [4.78, 5) is 0. The van der Waals surface area contributed by atoms with E-state index in [0.717, 1.165) is 6.42 Å². The molecular weight excluding hydrogens is 310 g/mol. The van der Waals surface area contributed by atoms with Gasteiger partial charge in [0.15, 0.2) is 0 Å². The Hall–Kier alpha value is -1.68. The molecule has 1 aromatic rings. The van der Waals surface area contributed by atoms with Crippen molar-refractivity contribution in [2.45, 2.75) is 32.1 Å². The second kappa shape index (κ2) is 7.54. The lowest BCUT2D eigenvalue weighted by atomic mass is 10.0. The molecule has 0 fully saturated rings. The van der Waals surface area contributed by atoms with E-state index in [9.17, 15) is 26.3 Å². The fourth-order valence-corrected chi connectivity index (χ4v) is 1.56. The zero-order valence-electron chi connectivity index (χ0n) is 11.7. The summed E-state index contributed by atoms with van der Waals surface area (Å²) in [6.45, 7) is 2.72. The predicted octanol–water partition coefficient (Wildman–Crippen LogP) is 4.89. The van der Waals surface area contributed by atoms with Crippen LogP contribution in [0.15, 0.2) is 18.2 Å². The maximum Gasteiger partial charge on any atom is 0.416 e. The molecule has 0 atom stereocenters. The van der Waals surface area contributed by atoms with Gasteiger partial charge >= 0.3 is 12.4 Å². The minimum absolute atomic E-state index is 0.0789. The number of rotatable bonds is 4. The van der Waals surface area contributed by atoms with Gasteiger partial charge in [-0.15, -0.1) is 0 Å². The maximum absolute atomic E-state index is 12.6. The Morgan fingerprint density at radius 3 is 1.91 bits per heavy atom. The minimum atomic E-state index is -4.86. The maximum atomic E-state index is 12.6. The summed E-state index contributed by atoms with van der Waals surface area (Å²) < 4.78 is 80.9. The van der Waals surface area contributed by atoms with Crippen LogP contribution >= 0.6 is 0 Å². The molecular formula is C15H14F6O. The topological polar surface area (TPSA) is 9.23 Å². The lowest BCUT2D eigenvalue weighted by Crippen LogP contribution is -2.11. The second-order valence-electron chi connectivity index (χ2n) is 4.46. The van der Waals surface area contributed by atoms with Crippen LogP contribution in [0.3, 0.4) is 0 Å². The van der Waals surface area contributed by atoms with Gasteiger partial charge in [0.2, 0.25) is 0 Å². The molecule has 1 rings (SSSR count). The number of alkyl halides is 6.